The van der Waals surface area contributed by atoms with Crippen molar-refractivity contribution in [1.82, 2.24) is 0 Å². The van der Waals surface area contributed by atoms with Crippen LogP contribution in [0.4, 0.5) is 0 Å². The largest absolute Gasteiger partial charge is 0.507 e. The summed E-state index contributed by atoms with van der Waals surface area (Å²) in [6.45, 7) is 7.81. The van der Waals surface area contributed by atoms with Gasteiger partial charge in [0.25, 0.3) is 0 Å². The third-order valence-corrected chi connectivity index (χ3v) is 1.77. The molecule has 1 aromatic carbocycles. The molecule has 1 nitrogen and oxygen atoms in total. The third-order valence-electron chi connectivity index (χ3n) is 1.77. The maximum atomic E-state index is 9.51. The van der Waals surface area contributed by atoms with E-state index in [1.165, 1.54) is 0 Å². The molecule has 1 rings (SSSR count). The van der Waals surface area contributed by atoms with Gasteiger partial charge in [0.2, 0.25) is 0 Å². The Balaban J connectivity index is 3.17. The van der Waals surface area contributed by atoms with Gasteiger partial charge in [-0.3, -0.25) is 0 Å². The normalized spacial score (nSPS) is 10.5. The SMILES string of the molecule is [CH2]c1cccc(C(C)C)c1O. The molecule has 1 aromatic rings. The van der Waals surface area contributed by atoms with Gasteiger partial charge in [0, 0.05) is 0 Å². The first-order chi connectivity index (χ1) is 5.13. The highest BCUT2D eigenvalue weighted by atomic mass is 16.3. The Bertz CT molecular complexity index is 251. The third kappa shape index (κ3) is 1.53. The summed E-state index contributed by atoms with van der Waals surface area (Å²) in [5, 5.41) is 9.51. The van der Waals surface area contributed by atoms with Crippen LogP contribution in [-0.4, -0.2) is 5.11 Å². The topological polar surface area (TPSA) is 20.2 Å². The molecule has 0 saturated carbocycles. The van der Waals surface area contributed by atoms with Crippen LogP contribution in [0.15, 0.2) is 18.2 Å². The van der Waals surface area contributed by atoms with Crippen LogP contribution in [0, 0.1) is 6.92 Å². The molecule has 0 saturated heterocycles. The van der Waals surface area contributed by atoms with E-state index in [-0.39, 0.29) is 0 Å². The van der Waals surface area contributed by atoms with Crippen LogP contribution in [0.25, 0.3) is 0 Å². The molecule has 0 aliphatic carbocycles. The Labute approximate surface area is 67.7 Å². The van der Waals surface area contributed by atoms with Crippen LogP contribution >= 0.6 is 0 Å². The van der Waals surface area contributed by atoms with Crippen molar-refractivity contribution in [3.63, 3.8) is 0 Å². The molecule has 0 bridgehead atoms. The highest BCUT2D eigenvalue weighted by Gasteiger charge is 2.05. The van der Waals surface area contributed by atoms with Crippen LogP contribution in [0.3, 0.4) is 0 Å². The number of aromatic hydroxyl groups is 1. The maximum Gasteiger partial charge on any atom is 0.122 e. The summed E-state index contributed by atoms with van der Waals surface area (Å²) in [4.78, 5) is 0. The minimum absolute atomic E-state index is 0.336. The van der Waals surface area contributed by atoms with E-state index in [0.29, 0.717) is 17.2 Å². The van der Waals surface area contributed by atoms with Crippen molar-refractivity contribution in [3.05, 3.63) is 36.2 Å². The van der Waals surface area contributed by atoms with Crippen molar-refractivity contribution >= 4 is 0 Å². The van der Waals surface area contributed by atoms with Gasteiger partial charge in [-0.2, -0.15) is 0 Å². The van der Waals surface area contributed by atoms with E-state index in [1.807, 2.05) is 12.1 Å². The fourth-order valence-corrected chi connectivity index (χ4v) is 1.08. The average molecular weight is 149 g/mol. The molecular weight excluding hydrogens is 136 g/mol. The fraction of sp³-hybridized carbons (Fsp3) is 0.300. The van der Waals surface area contributed by atoms with Crippen molar-refractivity contribution < 1.29 is 5.11 Å². The number of rotatable bonds is 1. The van der Waals surface area contributed by atoms with Gasteiger partial charge < -0.3 is 5.11 Å². The van der Waals surface area contributed by atoms with Crippen LogP contribution < -0.4 is 0 Å². The Morgan fingerprint density at radius 2 is 2.00 bits per heavy atom. The minimum Gasteiger partial charge on any atom is -0.507 e. The summed E-state index contributed by atoms with van der Waals surface area (Å²) in [5.74, 6) is 0.694. The Morgan fingerprint density at radius 1 is 1.36 bits per heavy atom. The highest BCUT2D eigenvalue weighted by Crippen LogP contribution is 2.27. The zero-order chi connectivity index (χ0) is 8.43. The number of benzene rings is 1. The Kier molecular flexibility index (Phi) is 2.18. The van der Waals surface area contributed by atoms with Gasteiger partial charge >= 0.3 is 0 Å². The van der Waals surface area contributed by atoms with Crippen molar-refractivity contribution in [2.24, 2.45) is 0 Å². The van der Waals surface area contributed by atoms with Gasteiger partial charge in [0.15, 0.2) is 0 Å². The molecule has 0 aromatic heterocycles. The monoisotopic (exact) mass is 149 g/mol. The standard InChI is InChI=1S/C10H13O/c1-7(2)9-6-4-5-8(3)10(9)11/h4-7,11H,3H2,1-2H3. The molecule has 0 spiro atoms. The molecule has 0 aliphatic heterocycles. The predicted molar refractivity (Wildman–Crippen MR) is 46.7 cm³/mol. The lowest BCUT2D eigenvalue weighted by Crippen LogP contribution is -1.88. The van der Waals surface area contributed by atoms with E-state index >= 15 is 0 Å². The minimum atomic E-state index is 0.336. The van der Waals surface area contributed by atoms with Crippen molar-refractivity contribution in [2.45, 2.75) is 19.8 Å². The molecule has 0 amide bonds. The van der Waals surface area contributed by atoms with Gasteiger partial charge in [-0.1, -0.05) is 32.0 Å². The lowest BCUT2D eigenvalue weighted by molar-refractivity contribution is 0.462. The second kappa shape index (κ2) is 2.95. The van der Waals surface area contributed by atoms with E-state index in [9.17, 15) is 5.11 Å². The molecular formula is C10H13O. The quantitative estimate of drug-likeness (QED) is 0.651. The van der Waals surface area contributed by atoms with E-state index in [0.717, 1.165) is 5.56 Å². The number of hydrogen-bond acceptors (Lipinski definition) is 1. The molecule has 1 radical (unpaired) electrons. The smallest absolute Gasteiger partial charge is 0.122 e. The lowest BCUT2D eigenvalue weighted by Gasteiger charge is -2.09. The van der Waals surface area contributed by atoms with Crippen molar-refractivity contribution in [1.29, 1.82) is 0 Å². The summed E-state index contributed by atoms with van der Waals surface area (Å²) >= 11 is 0. The summed E-state index contributed by atoms with van der Waals surface area (Å²) in [5.41, 5.74) is 1.67. The Hall–Kier alpha value is -0.980. The van der Waals surface area contributed by atoms with Crippen LogP contribution in [0.2, 0.25) is 0 Å². The van der Waals surface area contributed by atoms with Gasteiger partial charge in [0.05, 0.1) is 0 Å². The summed E-state index contributed by atoms with van der Waals surface area (Å²) < 4.78 is 0. The molecule has 0 unspecified atom stereocenters. The molecule has 0 atom stereocenters. The number of hydrogen-bond donors (Lipinski definition) is 1. The van der Waals surface area contributed by atoms with E-state index in [2.05, 4.69) is 20.8 Å². The summed E-state index contributed by atoms with van der Waals surface area (Å²) in [6, 6.07) is 5.65. The second-order valence-electron chi connectivity index (χ2n) is 3.01. The lowest BCUT2D eigenvalue weighted by atomic mass is 10.00. The second-order valence-corrected chi connectivity index (χ2v) is 3.01. The highest BCUT2D eigenvalue weighted by molar-refractivity contribution is 5.43. The van der Waals surface area contributed by atoms with Crippen LogP contribution in [0.1, 0.15) is 30.9 Å². The molecule has 59 valence electrons. The summed E-state index contributed by atoms with van der Waals surface area (Å²) in [6.07, 6.45) is 0. The number of phenols is 1. The van der Waals surface area contributed by atoms with E-state index in [1.54, 1.807) is 6.07 Å². The molecule has 11 heavy (non-hydrogen) atoms. The Morgan fingerprint density at radius 3 is 2.45 bits per heavy atom. The maximum absolute atomic E-state index is 9.51. The van der Waals surface area contributed by atoms with Crippen LogP contribution in [0.5, 0.6) is 5.75 Å². The first-order valence-electron chi connectivity index (χ1n) is 3.76. The molecule has 1 heteroatoms. The number of phenolic OH excluding ortho intramolecular Hbond substituents is 1. The van der Waals surface area contributed by atoms with E-state index in [4.69, 9.17) is 0 Å². The predicted octanol–water partition coefficient (Wildman–Crippen LogP) is 2.70. The van der Waals surface area contributed by atoms with Gasteiger partial charge in [-0.25, -0.2) is 0 Å². The zero-order valence-electron chi connectivity index (χ0n) is 6.96. The first kappa shape index (κ1) is 8.12. The molecule has 1 N–H and O–H groups in total. The van der Waals surface area contributed by atoms with Gasteiger partial charge in [-0.05, 0) is 24.0 Å². The fourth-order valence-electron chi connectivity index (χ4n) is 1.08. The van der Waals surface area contributed by atoms with Gasteiger partial charge in [-0.15, -0.1) is 0 Å². The first-order valence-corrected chi connectivity index (χ1v) is 3.76. The van der Waals surface area contributed by atoms with Crippen LogP contribution in [-0.2, 0) is 0 Å². The average Bonchev–Trinajstić information content (AvgIpc) is 1.94. The van der Waals surface area contributed by atoms with Crippen molar-refractivity contribution in [3.8, 4) is 5.75 Å². The molecule has 0 aliphatic rings. The van der Waals surface area contributed by atoms with E-state index < -0.39 is 0 Å². The number of para-hydroxylation sites is 1. The van der Waals surface area contributed by atoms with Crippen molar-refractivity contribution in [2.75, 3.05) is 0 Å². The van der Waals surface area contributed by atoms with Gasteiger partial charge in [0.1, 0.15) is 5.75 Å². The summed E-state index contributed by atoms with van der Waals surface area (Å²) in [7, 11) is 0. The molecule has 0 heterocycles. The zero-order valence-corrected chi connectivity index (χ0v) is 6.96. The molecule has 0 fully saturated rings.